The fraction of sp³-hybridized carbons (Fsp3) is 0.531. The Morgan fingerprint density at radius 1 is 1.12 bits per heavy atom. The molecule has 3 saturated heterocycles. The molecule has 6 heterocycles. The van der Waals surface area contributed by atoms with Gasteiger partial charge in [0.1, 0.15) is 22.7 Å². The van der Waals surface area contributed by atoms with Gasteiger partial charge in [-0.1, -0.05) is 0 Å². The number of carbonyl (C=O) groups is 1. The standard InChI is InChI=1S/C32H37N7O3/c1-36-28-22(9-21(11-25(28)41-2)31(40)39-13-20-5-7-23(39)27(20)33)34-30(36)24-10-19-6-8-26(37-14-32(15-37)16-42-17-32)35-29(19)38(24)12-18-3-4-18/h6,8-11,18,20,23,27H,3-5,7,12-17,33H2,1-2H3/t20?,23?,27-/m1/s1. The zero-order chi connectivity index (χ0) is 28.3. The Hall–Kier alpha value is -3.63. The first-order valence-corrected chi connectivity index (χ1v) is 15.4. The van der Waals surface area contributed by atoms with Crippen LogP contribution in [0, 0.1) is 17.3 Å². The van der Waals surface area contributed by atoms with E-state index in [1.807, 2.05) is 24.1 Å². The quantitative estimate of drug-likeness (QED) is 0.381. The first-order chi connectivity index (χ1) is 20.4. The van der Waals surface area contributed by atoms with E-state index in [1.165, 1.54) is 12.8 Å². The zero-order valence-corrected chi connectivity index (χ0v) is 24.3. The number of imidazole rings is 1. The minimum absolute atomic E-state index is 0.0193. The van der Waals surface area contributed by atoms with E-state index < -0.39 is 0 Å². The fourth-order valence-corrected chi connectivity index (χ4v) is 7.99. The number of rotatable bonds is 6. The van der Waals surface area contributed by atoms with E-state index in [1.54, 1.807) is 7.11 Å². The Morgan fingerprint density at radius 3 is 2.62 bits per heavy atom. The number of aryl methyl sites for hydroxylation is 1. The van der Waals surface area contributed by atoms with E-state index in [0.29, 0.717) is 28.6 Å². The van der Waals surface area contributed by atoms with Crippen LogP contribution >= 0.6 is 0 Å². The summed E-state index contributed by atoms with van der Waals surface area (Å²) in [6, 6.07) is 10.6. The number of anilines is 1. The van der Waals surface area contributed by atoms with Crippen molar-refractivity contribution in [3.8, 4) is 17.3 Å². The van der Waals surface area contributed by atoms with Gasteiger partial charge >= 0.3 is 0 Å². The Balaban J connectivity index is 1.12. The number of nitrogens with zero attached hydrogens (tertiary/aromatic N) is 6. The van der Waals surface area contributed by atoms with E-state index in [9.17, 15) is 4.79 Å². The molecule has 2 aliphatic carbocycles. The number of amides is 1. The van der Waals surface area contributed by atoms with Gasteiger partial charge in [0.05, 0.1) is 36.9 Å². The predicted octanol–water partition coefficient (Wildman–Crippen LogP) is 3.41. The highest BCUT2D eigenvalue weighted by molar-refractivity contribution is 6.00. The molecule has 5 fully saturated rings. The largest absolute Gasteiger partial charge is 0.494 e. The van der Waals surface area contributed by atoms with Gasteiger partial charge in [-0.2, -0.15) is 0 Å². The Bertz CT molecular complexity index is 1760. The first-order valence-electron chi connectivity index (χ1n) is 15.4. The molecular weight excluding hydrogens is 530 g/mol. The smallest absolute Gasteiger partial charge is 0.254 e. The van der Waals surface area contributed by atoms with Crippen molar-refractivity contribution in [3.63, 3.8) is 0 Å². The minimum Gasteiger partial charge on any atom is -0.494 e. The molecule has 1 aromatic carbocycles. The molecule has 10 heteroatoms. The van der Waals surface area contributed by atoms with Crippen LogP contribution in [-0.4, -0.2) is 82.0 Å². The highest BCUT2D eigenvalue weighted by Crippen LogP contribution is 2.42. The van der Waals surface area contributed by atoms with Crippen LogP contribution in [0.4, 0.5) is 5.82 Å². The maximum Gasteiger partial charge on any atom is 0.254 e. The lowest BCUT2D eigenvalue weighted by atomic mass is 9.78. The van der Waals surface area contributed by atoms with Gasteiger partial charge in [-0.25, -0.2) is 9.97 Å². The number of methoxy groups -OCH3 is 1. The predicted molar refractivity (Wildman–Crippen MR) is 160 cm³/mol. The van der Waals surface area contributed by atoms with Gasteiger partial charge in [0.2, 0.25) is 0 Å². The lowest BCUT2D eigenvalue weighted by Gasteiger charge is -2.55. The molecule has 218 valence electrons. The average Bonchev–Trinajstić information content (AvgIpc) is 3.35. The summed E-state index contributed by atoms with van der Waals surface area (Å²) in [5.41, 5.74) is 11.1. The van der Waals surface area contributed by atoms with Crippen molar-refractivity contribution in [2.24, 2.45) is 30.0 Å². The number of fused-ring (bicyclic) bond motifs is 4. The monoisotopic (exact) mass is 567 g/mol. The van der Waals surface area contributed by atoms with Crippen LogP contribution in [0.2, 0.25) is 0 Å². The van der Waals surface area contributed by atoms with Crippen LogP contribution in [-0.2, 0) is 18.3 Å². The molecular formula is C32H37N7O3. The molecule has 0 radical (unpaired) electrons. The van der Waals surface area contributed by atoms with Crippen molar-refractivity contribution in [2.75, 3.05) is 44.9 Å². The number of hydrogen-bond donors (Lipinski definition) is 1. The summed E-state index contributed by atoms with van der Waals surface area (Å²) >= 11 is 0. The number of hydrogen-bond acceptors (Lipinski definition) is 7. The normalized spacial score (nSPS) is 25.9. The van der Waals surface area contributed by atoms with Gasteiger partial charge in [-0.3, -0.25) is 4.79 Å². The van der Waals surface area contributed by atoms with E-state index in [0.717, 1.165) is 91.6 Å². The Labute approximate surface area is 244 Å². The van der Waals surface area contributed by atoms with Gasteiger partial charge < -0.3 is 34.1 Å². The lowest BCUT2D eigenvalue weighted by Crippen LogP contribution is -2.66. The fourth-order valence-electron chi connectivity index (χ4n) is 7.99. The van der Waals surface area contributed by atoms with Crippen molar-refractivity contribution in [1.29, 1.82) is 0 Å². The summed E-state index contributed by atoms with van der Waals surface area (Å²) in [4.78, 5) is 28.4. The van der Waals surface area contributed by atoms with Crippen LogP contribution < -0.4 is 15.4 Å². The third-order valence-corrected chi connectivity index (χ3v) is 10.6. The summed E-state index contributed by atoms with van der Waals surface area (Å²) < 4.78 is 15.8. The number of pyridine rings is 1. The molecule has 10 nitrogen and oxygen atoms in total. The third-order valence-electron chi connectivity index (χ3n) is 10.6. The number of carbonyl (C=O) groups excluding carboxylic acids is 1. The average molecular weight is 568 g/mol. The summed E-state index contributed by atoms with van der Waals surface area (Å²) in [7, 11) is 3.69. The van der Waals surface area contributed by atoms with Gasteiger partial charge in [0, 0.05) is 56.3 Å². The SMILES string of the molecule is COc1cc(C(=O)N2CC3CCC2[C@@H]3N)cc2nc(-c3cc4ccc(N5CC6(COC6)C5)nc4n3CC3CC3)n(C)c12. The van der Waals surface area contributed by atoms with E-state index in [4.69, 9.17) is 25.2 Å². The Kier molecular flexibility index (Phi) is 5.16. The zero-order valence-electron chi connectivity index (χ0n) is 24.3. The van der Waals surface area contributed by atoms with Gasteiger partial charge in [0.25, 0.3) is 5.91 Å². The highest BCUT2D eigenvalue weighted by atomic mass is 16.5. The van der Waals surface area contributed by atoms with Gasteiger partial charge in [-0.15, -0.1) is 0 Å². The first kappa shape index (κ1) is 24.9. The van der Waals surface area contributed by atoms with Gasteiger partial charge in [-0.05, 0) is 67.9 Å². The van der Waals surface area contributed by atoms with Crippen LogP contribution in [0.3, 0.4) is 0 Å². The van der Waals surface area contributed by atoms with Crippen molar-refractivity contribution in [2.45, 2.75) is 44.3 Å². The Morgan fingerprint density at radius 2 is 1.95 bits per heavy atom. The molecule has 5 aliphatic rings. The molecule has 3 aromatic heterocycles. The number of piperidine rings is 1. The lowest BCUT2D eigenvalue weighted by molar-refractivity contribution is -0.127. The molecule has 2 N–H and O–H groups in total. The third kappa shape index (κ3) is 3.54. The number of likely N-dealkylation sites (tertiary alicyclic amines) is 1. The number of ether oxygens (including phenoxy) is 2. The molecule has 1 spiro atoms. The molecule has 2 bridgehead atoms. The summed E-state index contributed by atoms with van der Waals surface area (Å²) in [5, 5.41) is 1.12. The second kappa shape index (κ2) is 8.70. The van der Waals surface area contributed by atoms with Crippen LogP contribution in [0.15, 0.2) is 30.3 Å². The van der Waals surface area contributed by atoms with Crippen molar-refractivity contribution >= 4 is 33.8 Å². The maximum atomic E-state index is 13.7. The molecule has 2 unspecified atom stereocenters. The van der Waals surface area contributed by atoms with Crippen molar-refractivity contribution in [3.05, 3.63) is 35.9 Å². The summed E-state index contributed by atoms with van der Waals surface area (Å²) in [6.45, 7) is 5.42. The van der Waals surface area contributed by atoms with E-state index in [-0.39, 0.29) is 18.0 Å². The molecule has 3 aliphatic heterocycles. The molecule has 2 saturated carbocycles. The number of nitrogens with two attached hydrogens (primary N) is 1. The topological polar surface area (TPSA) is 104 Å². The van der Waals surface area contributed by atoms with E-state index >= 15 is 0 Å². The molecule has 4 aromatic rings. The van der Waals surface area contributed by atoms with Crippen LogP contribution in [0.5, 0.6) is 5.75 Å². The second-order valence-electron chi connectivity index (χ2n) is 13.5. The van der Waals surface area contributed by atoms with Gasteiger partial charge in [0.15, 0.2) is 5.82 Å². The summed E-state index contributed by atoms with van der Waals surface area (Å²) in [6.07, 6.45) is 4.59. The maximum absolute atomic E-state index is 13.7. The van der Waals surface area contributed by atoms with Crippen LogP contribution in [0.1, 0.15) is 36.0 Å². The molecule has 9 rings (SSSR count). The second-order valence-corrected chi connectivity index (χ2v) is 13.5. The molecule has 1 amide bonds. The molecule has 3 atom stereocenters. The van der Waals surface area contributed by atoms with Crippen molar-refractivity contribution in [1.82, 2.24) is 24.0 Å². The van der Waals surface area contributed by atoms with Crippen molar-refractivity contribution < 1.29 is 14.3 Å². The summed E-state index contributed by atoms with van der Waals surface area (Å²) in [5.74, 6) is 3.63. The minimum atomic E-state index is 0.0193. The van der Waals surface area contributed by atoms with E-state index in [2.05, 4.69) is 32.2 Å². The number of aromatic nitrogens is 4. The van der Waals surface area contributed by atoms with Crippen LogP contribution in [0.25, 0.3) is 33.6 Å². The highest BCUT2D eigenvalue weighted by Gasteiger charge is 2.49. The molecule has 42 heavy (non-hydrogen) atoms. The number of benzene rings is 1.